The molecule has 1 aliphatic heterocycles. The van der Waals surface area contributed by atoms with Gasteiger partial charge in [-0.25, -0.2) is 14.3 Å². The fraction of sp³-hybridized carbons (Fsp3) is 0.438. The third kappa shape index (κ3) is 3.55. The van der Waals surface area contributed by atoms with Crippen molar-refractivity contribution in [3.05, 3.63) is 24.2 Å². The van der Waals surface area contributed by atoms with Gasteiger partial charge in [0.15, 0.2) is 24.1 Å². The number of ether oxygens (including phenoxy) is 4. The molecular weight excluding hydrogens is 358 g/mol. The lowest BCUT2D eigenvalue weighted by Gasteiger charge is -2.22. The molecule has 3 atom stereocenters. The van der Waals surface area contributed by atoms with Crippen LogP contribution in [0.1, 0.15) is 25.6 Å². The Balaban J connectivity index is 1.89. The summed E-state index contributed by atoms with van der Waals surface area (Å²) in [7, 11) is 0. The molecule has 1 fully saturated rings. The van der Waals surface area contributed by atoms with Gasteiger partial charge in [-0.15, -0.1) is 0 Å². The molecule has 0 bridgehead atoms. The average molecular weight is 375 g/mol. The predicted molar refractivity (Wildman–Crippen MR) is 87.8 cm³/mol. The van der Waals surface area contributed by atoms with Crippen LogP contribution in [0.2, 0.25) is 0 Å². The summed E-state index contributed by atoms with van der Waals surface area (Å²) < 4.78 is 21.9. The first-order valence-electron chi connectivity index (χ1n) is 8.09. The monoisotopic (exact) mass is 375 g/mol. The molecule has 3 heterocycles. The SMILES string of the molecule is CC(C)C(=O)OC[C@@H](OC#N)[C@H]1OC(=O)O[C@H]1c1ccc2c(N)ncnn12. The molecular formula is C16H17N5O6. The van der Waals surface area contributed by atoms with Crippen LogP contribution in [0.4, 0.5) is 10.6 Å². The molecule has 0 spiro atoms. The van der Waals surface area contributed by atoms with Crippen molar-refractivity contribution in [2.45, 2.75) is 32.2 Å². The highest BCUT2D eigenvalue weighted by molar-refractivity contribution is 5.71. The van der Waals surface area contributed by atoms with Crippen LogP contribution in [-0.2, 0) is 23.7 Å². The van der Waals surface area contributed by atoms with Crippen molar-refractivity contribution in [1.82, 2.24) is 14.6 Å². The molecule has 0 amide bonds. The van der Waals surface area contributed by atoms with Crippen molar-refractivity contribution in [3.8, 4) is 6.26 Å². The van der Waals surface area contributed by atoms with Gasteiger partial charge in [0, 0.05) is 0 Å². The summed E-state index contributed by atoms with van der Waals surface area (Å²) >= 11 is 0. The molecule has 2 N–H and O–H groups in total. The summed E-state index contributed by atoms with van der Waals surface area (Å²) in [6.07, 6.45) is -1.20. The summed E-state index contributed by atoms with van der Waals surface area (Å²) in [4.78, 5) is 27.4. The number of rotatable bonds is 6. The van der Waals surface area contributed by atoms with Crippen molar-refractivity contribution < 1.29 is 28.5 Å². The first kappa shape index (κ1) is 18.2. The number of fused-ring (bicyclic) bond motifs is 1. The molecule has 1 saturated heterocycles. The van der Waals surface area contributed by atoms with E-state index in [0.29, 0.717) is 11.2 Å². The van der Waals surface area contributed by atoms with Gasteiger partial charge in [0.25, 0.3) is 6.26 Å². The topological polar surface area (TPSA) is 151 Å². The normalized spacial score (nSPS) is 20.0. The molecule has 0 aromatic carbocycles. The smallest absolute Gasteiger partial charge is 0.461 e. The first-order chi connectivity index (χ1) is 12.9. The Morgan fingerprint density at radius 2 is 2.22 bits per heavy atom. The largest absolute Gasteiger partial charge is 0.509 e. The maximum absolute atomic E-state index is 11.8. The van der Waals surface area contributed by atoms with Crippen LogP contribution >= 0.6 is 0 Å². The van der Waals surface area contributed by atoms with Crippen LogP contribution < -0.4 is 5.73 Å². The van der Waals surface area contributed by atoms with Gasteiger partial charge in [0.2, 0.25) is 0 Å². The Bertz CT molecular complexity index is 904. The van der Waals surface area contributed by atoms with Crippen molar-refractivity contribution in [2.75, 3.05) is 12.3 Å². The highest BCUT2D eigenvalue weighted by Gasteiger charge is 2.46. The van der Waals surface area contributed by atoms with Crippen molar-refractivity contribution in [2.24, 2.45) is 5.92 Å². The zero-order valence-corrected chi connectivity index (χ0v) is 14.6. The predicted octanol–water partition coefficient (Wildman–Crippen LogP) is 0.953. The summed E-state index contributed by atoms with van der Waals surface area (Å²) in [5.41, 5.74) is 6.76. The van der Waals surface area contributed by atoms with Crippen LogP contribution in [0.3, 0.4) is 0 Å². The number of nitrogens with zero attached hydrogens (tertiary/aromatic N) is 4. The lowest BCUT2D eigenvalue weighted by molar-refractivity contribution is -0.152. The van der Waals surface area contributed by atoms with Gasteiger partial charge in [0.05, 0.1) is 11.6 Å². The van der Waals surface area contributed by atoms with Gasteiger partial charge in [0.1, 0.15) is 18.5 Å². The lowest BCUT2D eigenvalue weighted by Crippen LogP contribution is -2.37. The molecule has 27 heavy (non-hydrogen) atoms. The second-order valence-electron chi connectivity index (χ2n) is 6.10. The van der Waals surface area contributed by atoms with E-state index in [9.17, 15) is 9.59 Å². The minimum atomic E-state index is -1.06. The molecule has 0 saturated carbocycles. The number of anilines is 1. The number of nitriles is 1. The molecule has 11 nitrogen and oxygen atoms in total. The number of esters is 1. The fourth-order valence-electron chi connectivity index (χ4n) is 2.65. The number of hydrogen-bond donors (Lipinski definition) is 1. The van der Waals surface area contributed by atoms with E-state index >= 15 is 0 Å². The Hall–Kier alpha value is -3.55. The zero-order chi connectivity index (χ0) is 19.6. The highest BCUT2D eigenvalue weighted by atomic mass is 16.8. The second kappa shape index (κ2) is 7.36. The Kier molecular flexibility index (Phi) is 4.98. The quantitative estimate of drug-likeness (QED) is 0.570. The molecule has 0 radical (unpaired) electrons. The van der Waals surface area contributed by atoms with Crippen LogP contribution in [0.5, 0.6) is 0 Å². The van der Waals surface area contributed by atoms with Crippen molar-refractivity contribution in [3.63, 3.8) is 0 Å². The number of carbonyl (C=O) groups is 2. The fourth-order valence-corrected chi connectivity index (χ4v) is 2.65. The van der Waals surface area contributed by atoms with Crippen LogP contribution in [0, 0.1) is 17.4 Å². The van der Waals surface area contributed by atoms with Crippen molar-refractivity contribution in [1.29, 1.82) is 5.26 Å². The minimum Gasteiger partial charge on any atom is -0.461 e. The van der Waals surface area contributed by atoms with Gasteiger partial charge < -0.3 is 24.7 Å². The van der Waals surface area contributed by atoms with E-state index in [4.69, 9.17) is 29.9 Å². The molecule has 1 aliphatic rings. The number of carbonyl (C=O) groups excluding carboxylic acids is 2. The van der Waals surface area contributed by atoms with E-state index in [1.165, 1.54) is 17.1 Å². The Morgan fingerprint density at radius 1 is 1.44 bits per heavy atom. The highest BCUT2D eigenvalue weighted by Crippen LogP contribution is 2.34. The summed E-state index contributed by atoms with van der Waals surface area (Å²) in [6, 6.07) is 3.30. The van der Waals surface area contributed by atoms with Gasteiger partial charge >= 0.3 is 12.1 Å². The maximum atomic E-state index is 11.8. The van der Waals surface area contributed by atoms with E-state index in [-0.39, 0.29) is 18.3 Å². The zero-order valence-electron chi connectivity index (χ0n) is 14.6. The van der Waals surface area contributed by atoms with Crippen molar-refractivity contribution >= 4 is 23.5 Å². The third-order valence-electron chi connectivity index (χ3n) is 3.99. The van der Waals surface area contributed by atoms with E-state index in [0.717, 1.165) is 0 Å². The van der Waals surface area contributed by atoms with Crippen LogP contribution in [-0.4, -0.2) is 45.5 Å². The first-order valence-corrected chi connectivity index (χ1v) is 8.09. The van der Waals surface area contributed by atoms with Crippen LogP contribution in [0.15, 0.2) is 18.5 Å². The molecule has 0 unspecified atom stereocenters. The van der Waals surface area contributed by atoms with E-state index in [1.54, 1.807) is 26.0 Å². The van der Waals surface area contributed by atoms with Gasteiger partial charge in [-0.1, -0.05) is 13.8 Å². The summed E-state index contributed by atoms with van der Waals surface area (Å²) in [5, 5.41) is 13.0. The van der Waals surface area contributed by atoms with Gasteiger partial charge in [-0.05, 0) is 12.1 Å². The summed E-state index contributed by atoms with van der Waals surface area (Å²) in [6.45, 7) is 3.05. The van der Waals surface area contributed by atoms with Gasteiger partial charge in [-0.3, -0.25) is 4.79 Å². The molecule has 2 aromatic rings. The van der Waals surface area contributed by atoms with E-state index < -0.39 is 30.4 Å². The molecule has 142 valence electrons. The van der Waals surface area contributed by atoms with E-state index in [1.807, 2.05) is 0 Å². The summed E-state index contributed by atoms with van der Waals surface area (Å²) in [5.74, 6) is -0.592. The van der Waals surface area contributed by atoms with Crippen LogP contribution in [0.25, 0.3) is 5.52 Å². The number of cyclic esters (lactones) is 2. The molecule has 0 aliphatic carbocycles. The van der Waals surface area contributed by atoms with E-state index in [2.05, 4.69) is 10.1 Å². The lowest BCUT2D eigenvalue weighted by atomic mass is 10.1. The van der Waals surface area contributed by atoms with Gasteiger partial charge in [-0.2, -0.15) is 10.4 Å². The molecule has 11 heteroatoms. The standard InChI is InChI=1S/C16H17N5O6/c1-8(2)15(22)24-5-11(25-6-17)13-12(26-16(23)27-13)9-3-4-10-14(18)19-7-20-21(9)10/h3-4,7-8,11-13H,5H2,1-2H3,(H2,18,19,20)/t11-,12+,13-/m1/s1. The minimum absolute atomic E-state index is 0.244. The Morgan fingerprint density at radius 3 is 2.93 bits per heavy atom. The third-order valence-corrected chi connectivity index (χ3v) is 3.99. The molecule has 3 rings (SSSR count). The Labute approximate surface area is 153 Å². The average Bonchev–Trinajstić information content (AvgIpc) is 3.22. The number of nitrogen functional groups attached to an aromatic ring is 1. The number of aromatic nitrogens is 3. The second-order valence-corrected chi connectivity index (χ2v) is 6.10. The maximum Gasteiger partial charge on any atom is 0.509 e. The molecule has 2 aromatic heterocycles. The number of hydrogen-bond acceptors (Lipinski definition) is 10. The number of nitrogens with two attached hydrogens (primary N) is 1.